The van der Waals surface area contributed by atoms with Gasteiger partial charge in [-0.1, -0.05) is 0 Å². The molecule has 1 aromatic heterocycles. The lowest BCUT2D eigenvalue weighted by Crippen LogP contribution is -2.09. The Morgan fingerprint density at radius 1 is 1.21 bits per heavy atom. The number of hydrogen-bond donors (Lipinski definition) is 1. The van der Waals surface area contributed by atoms with Crippen molar-refractivity contribution in [3.8, 4) is 5.75 Å². The van der Waals surface area contributed by atoms with Crippen molar-refractivity contribution in [3.63, 3.8) is 0 Å². The summed E-state index contributed by atoms with van der Waals surface area (Å²) in [5, 5.41) is 14.3. The van der Waals surface area contributed by atoms with Crippen molar-refractivity contribution in [2.24, 2.45) is 0 Å². The van der Waals surface area contributed by atoms with Crippen LogP contribution >= 0.6 is 11.3 Å². The minimum atomic E-state index is -0.448. The number of amides is 1. The number of hydrogen-bond acceptors (Lipinski definition) is 5. The van der Waals surface area contributed by atoms with Gasteiger partial charge in [-0.3, -0.25) is 14.9 Å². The molecule has 3 aromatic rings. The van der Waals surface area contributed by atoms with E-state index >= 15 is 0 Å². The molecule has 0 radical (unpaired) electrons. The molecule has 0 saturated heterocycles. The average molecular weight is 342 g/mol. The third-order valence-corrected chi connectivity index (χ3v) is 4.47. The highest BCUT2D eigenvalue weighted by Gasteiger charge is 2.13. The van der Waals surface area contributed by atoms with Crippen molar-refractivity contribution in [2.45, 2.75) is 6.92 Å². The molecule has 0 spiro atoms. The number of carbonyl (C=O) groups is 1. The van der Waals surface area contributed by atoms with Crippen LogP contribution in [0.1, 0.15) is 16.6 Å². The number of ether oxygens (including phenoxy) is 1. The second-order valence-corrected chi connectivity index (χ2v) is 6.09. The maximum atomic E-state index is 12.3. The van der Waals surface area contributed by atoms with E-state index in [1.807, 2.05) is 6.92 Å². The summed E-state index contributed by atoms with van der Waals surface area (Å²) < 4.78 is 6.19. The van der Waals surface area contributed by atoms with Crippen molar-refractivity contribution in [3.05, 3.63) is 63.5 Å². The van der Waals surface area contributed by atoms with Crippen LogP contribution in [-0.2, 0) is 0 Å². The summed E-state index contributed by atoms with van der Waals surface area (Å²) in [5.74, 6) is 0.493. The van der Waals surface area contributed by atoms with Crippen LogP contribution in [0.5, 0.6) is 5.75 Å². The molecule has 0 aliphatic heterocycles. The number of thiophene rings is 1. The number of benzene rings is 2. The predicted octanol–water partition coefficient (Wildman–Crippen LogP) is 4.46. The Balaban J connectivity index is 1.79. The number of nitro benzene ring substituents is 1. The molecule has 0 bridgehead atoms. The third kappa shape index (κ3) is 3.36. The molecule has 1 amide bonds. The van der Waals surface area contributed by atoms with Gasteiger partial charge in [0.1, 0.15) is 5.75 Å². The van der Waals surface area contributed by atoms with Crippen molar-refractivity contribution in [1.29, 1.82) is 0 Å². The zero-order valence-electron chi connectivity index (χ0n) is 12.8. The van der Waals surface area contributed by atoms with Crippen LogP contribution < -0.4 is 10.1 Å². The van der Waals surface area contributed by atoms with E-state index in [9.17, 15) is 14.9 Å². The highest BCUT2D eigenvalue weighted by atomic mass is 32.1. The van der Waals surface area contributed by atoms with Crippen molar-refractivity contribution in [2.75, 3.05) is 11.9 Å². The van der Waals surface area contributed by atoms with Gasteiger partial charge in [0, 0.05) is 27.9 Å². The van der Waals surface area contributed by atoms with Crippen LogP contribution in [0.4, 0.5) is 11.4 Å². The largest absolute Gasteiger partial charge is 0.494 e. The van der Waals surface area contributed by atoms with Crippen molar-refractivity contribution < 1.29 is 14.5 Å². The molecule has 7 heteroatoms. The van der Waals surface area contributed by atoms with Crippen LogP contribution in [0.25, 0.3) is 10.1 Å². The number of anilines is 1. The highest BCUT2D eigenvalue weighted by molar-refractivity contribution is 7.20. The zero-order chi connectivity index (χ0) is 17.1. The first-order valence-electron chi connectivity index (χ1n) is 7.29. The minimum absolute atomic E-state index is 0.0128. The molecule has 24 heavy (non-hydrogen) atoms. The van der Waals surface area contributed by atoms with E-state index < -0.39 is 4.92 Å². The molecule has 0 fully saturated rings. The van der Waals surface area contributed by atoms with Crippen molar-refractivity contribution in [1.82, 2.24) is 0 Å². The van der Waals surface area contributed by atoms with Gasteiger partial charge in [0.05, 0.1) is 16.4 Å². The second kappa shape index (κ2) is 6.67. The van der Waals surface area contributed by atoms with Gasteiger partial charge < -0.3 is 10.1 Å². The molecule has 2 aromatic carbocycles. The third-order valence-electron chi connectivity index (χ3n) is 3.36. The molecular weight excluding hydrogens is 328 g/mol. The molecular formula is C17H14N2O4S. The molecule has 122 valence electrons. The summed E-state index contributed by atoms with van der Waals surface area (Å²) in [7, 11) is 0. The smallest absolute Gasteiger partial charge is 0.270 e. The molecule has 6 nitrogen and oxygen atoms in total. The number of non-ortho nitro benzene ring substituents is 1. The number of fused-ring (bicyclic) bond motifs is 1. The fraction of sp³-hybridized carbons (Fsp3) is 0.118. The maximum absolute atomic E-state index is 12.3. The normalized spacial score (nSPS) is 10.5. The Morgan fingerprint density at radius 3 is 2.62 bits per heavy atom. The molecule has 0 unspecified atom stereocenters. The number of nitrogens with one attached hydrogen (secondary N) is 1. The standard InChI is InChI=1S/C17H14N2O4S/c1-2-23-14-6-3-12(4-7-14)18-17(20)16-10-11-9-13(19(21)22)5-8-15(11)24-16/h3-10H,2H2,1H3,(H,18,20). The summed E-state index contributed by atoms with van der Waals surface area (Å²) in [6, 6.07) is 13.3. The molecule has 0 aliphatic carbocycles. The van der Waals surface area contributed by atoms with Gasteiger partial charge in [-0.2, -0.15) is 0 Å². The van der Waals surface area contributed by atoms with Gasteiger partial charge in [-0.05, 0) is 43.3 Å². The monoisotopic (exact) mass is 342 g/mol. The van der Waals surface area contributed by atoms with E-state index in [-0.39, 0.29) is 11.6 Å². The predicted molar refractivity (Wildman–Crippen MR) is 94.0 cm³/mol. The molecule has 0 saturated carbocycles. The van der Waals surface area contributed by atoms with E-state index in [1.54, 1.807) is 36.4 Å². The highest BCUT2D eigenvalue weighted by Crippen LogP contribution is 2.29. The van der Waals surface area contributed by atoms with E-state index in [4.69, 9.17) is 4.74 Å². The fourth-order valence-electron chi connectivity index (χ4n) is 2.25. The zero-order valence-corrected chi connectivity index (χ0v) is 13.6. The lowest BCUT2D eigenvalue weighted by Gasteiger charge is -2.06. The fourth-order valence-corrected chi connectivity index (χ4v) is 3.19. The SMILES string of the molecule is CCOc1ccc(NC(=O)c2cc3cc([N+](=O)[O-])ccc3s2)cc1. The van der Waals surface area contributed by atoms with Gasteiger partial charge in [0.15, 0.2) is 0 Å². The van der Waals surface area contributed by atoms with E-state index in [0.717, 1.165) is 10.4 Å². The average Bonchev–Trinajstić information content (AvgIpc) is 3.00. The number of nitro groups is 1. The maximum Gasteiger partial charge on any atom is 0.270 e. The van der Waals surface area contributed by atoms with Gasteiger partial charge >= 0.3 is 0 Å². The Bertz CT molecular complexity index is 903. The van der Waals surface area contributed by atoms with E-state index in [0.29, 0.717) is 22.6 Å². The molecule has 0 atom stereocenters. The van der Waals surface area contributed by atoms with Crippen LogP contribution in [0.2, 0.25) is 0 Å². The first-order valence-corrected chi connectivity index (χ1v) is 8.10. The Hall–Kier alpha value is -2.93. The lowest BCUT2D eigenvalue weighted by atomic mass is 10.2. The van der Waals surface area contributed by atoms with Gasteiger partial charge in [-0.15, -0.1) is 11.3 Å². The lowest BCUT2D eigenvalue weighted by molar-refractivity contribution is -0.384. The summed E-state index contributed by atoms with van der Waals surface area (Å²) >= 11 is 1.30. The van der Waals surface area contributed by atoms with Gasteiger partial charge in [0.25, 0.3) is 11.6 Å². The van der Waals surface area contributed by atoms with E-state index in [1.165, 1.54) is 23.5 Å². The Labute approximate surface area is 141 Å². The van der Waals surface area contributed by atoms with Gasteiger partial charge in [0.2, 0.25) is 0 Å². The molecule has 0 aliphatic rings. The second-order valence-electron chi connectivity index (χ2n) is 5.00. The number of nitrogens with zero attached hydrogens (tertiary/aromatic N) is 1. The van der Waals surface area contributed by atoms with E-state index in [2.05, 4.69) is 5.32 Å². The summed E-state index contributed by atoms with van der Waals surface area (Å²) in [6.45, 7) is 2.49. The summed E-state index contributed by atoms with van der Waals surface area (Å²) in [6.07, 6.45) is 0. The summed E-state index contributed by atoms with van der Waals surface area (Å²) in [4.78, 5) is 23.2. The van der Waals surface area contributed by atoms with Crippen LogP contribution in [0, 0.1) is 10.1 Å². The van der Waals surface area contributed by atoms with Crippen LogP contribution in [0.3, 0.4) is 0 Å². The van der Waals surface area contributed by atoms with Crippen LogP contribution in [-0.4, -0.2) is 17.4 Å². The first kappa shape index (κ1) is 15.9. The Kier molecular flexibility index (Phi) is 4.43. The molecule has 3 rings (SSSR count). The topological polar surface area (TPSA) is 81.5 Å². The molecule has 1 N–H and O–H groups in total. The molecule has 1 heterocycles. The Morgan fingerprint density at radius 2 is 1.96 bits per heavy atom. The first-order chi connectivity index (χ1) is 11.6. The summed E-state index contributed by atoms with van der Waals surface area (Å²) in [5.41, 5.74) is 0.672. The van der Waals surface area contributed by atoms with Crippen LogP contribution in [0.15, 0.2) is 48.5 Å². The quantitative estimate of drug-likeness (QED) is 0.548. The van der Waals surface area contributed by atoms with Gasteiger partial charge in [-0.25, -0.2) is 0 Å². The number of rotatable bonds is 5. The number of carbonyl (C=O) groups excluding carboxylic acids is 1. The van der Waals surface area contributed by atoms with Crippen molar-refractivity contribution >= 4 is 38.7 Å². The minimum Gasteiger partial charge on any atom is -0.494 e.